The lowest BCUT2D eigenvalue weighted by Gasteiger charge is -2.22. The first kappa shape index (κ1) is 14.3. The van der Waals surface area contributed by atoms with Crippen LogP contribution in [0.2, 0.25) is 0 Å². The van der Waals surface area contributed by atoms with Crippen molar-refractivity contribution in [3.63, 3.8) is 0 Å². The van der Waals surface area contributed by atoms with E-state index in [1.54, 1.807) is 0 Å². The summed E-state index contributed by atoms with van der Waals surface area (Å²) in [6.45, 7) is 5.43. The molecule has 1 atom stereocenters. The van der Waals surface area contributed by atoms with Gasteiger partial charge in [0.1, 0.15) is 5.54 Å². The van der Waals surface area contributed by atoms with Gasteiger partial charge in [0.25, 0.3) is 0 Å². The van der Waals surface area contributed by atoms with Gasteiger partial charge in [-0.05, 0) is 25.7 Å². The molecule has 17 heavy (non-hydrogen) atoms. The zero-order valence-electron chi connectivity index (χ0n) is 10.3. The molecule has 1 amide bonds. The van der Waals surface area contributed by atoms with E-state index >= 15 is 0 Å². The van der Waals surface area contributed by atoms with Crippen molar-refractivity contribution in [2.45, 2.75) is 51.4 Å². The maximum atomic E-state index is 12.5. The molecule has 2 N–H and O–H groups in total. The lowest BCUT2D eigenvalue weighted by Crippen LogP contribution is -2.50. The molecule has 0 aromatic heterocycles. The maximum absolute atomic E-state index is 12.5. The summed E-state index contributed by atoms with van der Waals surface area (Å²) in [7, 11) is 0. The molecule has 1 saturated carbocycles. The Labute approximate surface area is 99.1 Å². The van der Waals surface area contributed by atoms with E-state index in [-0.39, 0.29) is 37.3 Å². The zero-order valence-corrected chi connectivity index (χ0v) is 10.3. The summed E-state index contributed by atoms with van der Waals surface area (Å²) in [6.07, 6.45) is -4.15. The van der Waals surface area contributed by atoms with Crippen LogP contribution in [0.5, 0.6) is 0 Å². The van der Waals surface area contributed by atoms with Crippen LogP contribution in [0.25, 0.3) is 0 Å². The van der Waals surface area contributed by atoms with Gasteiger partial charge in [-0.2, -0.15) is 13.2 Å². The topological polar surface area (TPSA) is 41.1 Å². The number of alkyl halides is 3. The second-order valence-corrected chi connectivity index (χ2v) is 5.03. The van der Waals surface area contributed by atoms with Gasteiger partial charge in [0.05, 0.1) is 6.54 Å². The van der Waals surface area contributed by atoms with Crippen molar-refractivity contribution in [3.8, 4) is 0 Å². The molecule has 6 heteroatoms. The molecule has 0 spiro atoms. The fourth-order valence-corrected chi connectivity index (χ4v) is 1.41. The first-order valence-electron chi connectivity index (χ1n) is 5.79. The van der Waals surface area contributed by atoms with E-state index in [4.69, 9.17) is 0 Å². The third-order valence-corrected chi connectivity index (χ3v) is 3.27. The van der Waals surface area contributed by atoms with Gasteiger partial charge < -0.3 is 5.32 Å². The summed E-state index contributed by atoms with van der Waals surface area (Å²) < 4.78 is 37.6. The molecule has 1 fully saturated rings. The van der Waals surface area contributed by atoms with Gasteiger partial charge in [-0.25, -0.2) is 0 Å². The molecule has 1 unspecified atom stereocenters. The highest BCUT2D eigenvalue weighted by atomic mass is 19.4. The summed E-state index contributed by atoms with van der Waals surface area (Å²) in [5, 5.41) is 4.98. The van der Waals surface area contributed by atoms with Crippen LogP contribution >= 0.6 is 0 Å². The van der Waals surface area contributed by atoms with Crippen LogP contribution in [0.15, 0.2) is 0 Å². The molecule has 0 aromatic carbocycles. The summed E-state index contributed by atoms with van der Waals surface area (Å²) in [4.78, 5) is 11.4. The standard InChI is InChI=1S/C11H19F3N2O/c1-7(2)8(3)16-9(17)6-15-10(4-5-10)11(12,13)14/h7-8,15H,4-6H2,1-3H3,(H,16,17). The Bertz CT molecular complexity index is 285. The lowest BCUT2D eigenvalue weighted by atomic mass is 10.1. The average molecular weight is 252 g/mol. The third-order valence-electron chi connectivity index (χ3n) is 3.27. The quantitative estimate of drug-likeness (QED) is 0.783. The van der Waals surface area contributed by atoms with E-state index in [1.165, 1.54) is 0 Å². The largest absolute Gasteiger partial charge is 0.406 e. The number of amides is 1. The van der Waals surface area contributed by atoms with Gasteiger partial charge in [-0.15, -0.1) is 0 Å². The van der Waals surface area contributed by atoms with Crippen molar-refractivity contribution >= 4 is 5.91 Å². The Balaban J connectivity index is 2.35. The van der Waals surface area contributed by atoms with E-state index in [0.717, 1.165) is 0 Å². The van der Waals surface area contributed by atoms with Gasteiger partial charge in [0, 0.05) is 6.04 Å². The Morgan fingerprint density at radius 1 is 1.29 bits per heavy atom. The van der Waals surface area contributed by atoms with Gasteiger partial charge in [-0.3, -0.25) is 10.1 Å². The van der Waals surface area contributed by atoms with Gasteiger partial charge >= 0.3 is 6.18 Å². The molecule has 100 valence electrons. The molecule has 0 radical (unpaired) electrons. The van der Waals surface area contributed by atoms with E-state index in [9.17, 15) is 18.0 Å². The predicted octanol–water partition coefficient (Wildman–Crippen LogP) is 1.83. The lowest BCUT2D eigenvalue weighted by molar-refractivity contribution is -0.166. The number of hydrogen-bond donors (Lipinski definition) is 2. The minimum atomic E-state index is -4.27. The van der Waals surface area contributed by atoms with Crippen LogP contribution in [0.1, 0.15) is 33.6 Å². The van der Waals surface area contributed by atoms with Crippen LogP contribution in [-0.2, 0) is 4.79 Å². The third kappa shape index (κ3) is 3.59. The highest BCUT2D eigenvalue weighted by Crippen LogP contribution is 2.48. The van der Waals surface area contributed by atoms with Crippen LogP contribution < -0.4 is 10.6 Å². The number of nitrogens with one attached hydrogen (secondary N) is 2. The molecule has 0 aliphatic heterocycles. The number of carbonyl (C=O) groups excluding carboxylic acids is 1. The Hall–Kier alpha value is -0.780. The Kier molecular flexibility index (Phi) is 4.06. The molecular weight excluding hydrogens is 233 g/mol. The number of halogens is 3. The fraction of sp³-hybridized carbons (Fsp3) is 0.909. The van der Waals surface area contributed by atoms with Crippen molar-refractivity contribution in [1.29, 1.82) is 0 Å². The van der Waals surface area contributed by atoms with Gasteiger partial charge in [-0.1, -0.05) is 13.8 Å². The summed E-state index contributed by atoms with van der Waals surface area (Å²) in [5.74, 6) is -0.127. The SMILES string of the molecule is CC(C)C(C)NC(=O)CNC1(C(F)(F)F)CC1. The number of carbonyl (C=O) groups is 1. The maximum Gasteiger partial charge on any atom is 0.406 e. The fourth-order valence-electron chi connectivity index (χ4n) is 1.41. The molecule has 0 aromatic rings. The number of hydrogen-bond acceptors (Lipinski definition) is 2. The van der Waals surface area contributed by atoms with Crippen molar-refractivity contribution in [3.05, 3.63) is 0 Å². The summed E-state index contributed by atoms with van der Waals surface area (Å²) in [6, 6.07) is -0.0367. The smallest absolute Gasteiger partial charge is 0.352 e. The normalized spacial score (nSPS) is 20.2. The van der Waals surface area contributed by atoms with Gasteiger partial charge in [0.2, 0.25) is 5.91 Å². The minimum absolute atomic E-state index is 0.0367. The second kappa shape index (κ2) is 4.84. The van der Waals surface area contributed by atoms with Gasteiger partial charge in [0.15, 0.2) is 0 Å². The zero-order chi connectivity index (χ0) is 13.3. The summed E-state index contributed by atoms with van der Waals surface area (Å²) >= 11 is 0. The van der Waals surface area contributed by atoms with E-state index in [0.29, 0.717) is 0 Å². The van der Waals surface area contributed by atoms with E-state index < -0.39 is 11.7 Å². The minimum Gasteiger partial charge on any atom is -0.352 e. The Morgan fingerprint density at radius 3 is 2.18 bits per heavy atom. The molecular formula is C11H19F3N2O. The molecule has 0 bridgehead atoms. The molecule has 1 rings (SSSR count). The monoisotopic (exact) mass is 252 g/mol. The molecule has 1 aliphatic rings. The van der Waals surface area contributed by atoms with Crippen molar-refractivity contribution in [2.75, 3.05) is 6.54 Å². The van der Waals surface area contributed by atoms with Crippen molar-refractivity contribution < 1.29 is 18.0 Å². The van der Waals surface area contributed by atoms with Crippen molar-refractivity contribution in [2.24, 2.45) is 5.92 Å². The van der Waals surface area contributed by atoms with Crippen LogP contribution in [0, 0.1) is 5.92 Å². The van der Waals surface area contributed by atoms with Crippen molar-refractivity contribution in [1.82, 2.24) is 10.6 Å². The highest BCUT2D eigenvalue weighted by molar-refractivity contribution is 5.78. The van der Waals surface area contributed by atoms with E-state index in [1.807, 2.05) is 20.8 Å². The first-order chi connectivity index (χ1) is 7.68. The highest BCUT2D eigenvalue weighted by Gasteiger charge is 2.63. The first-order valence-corrected chi connectivity index (χ1v) is 5.79. The number of rotatable bonds is 5. The predicted molar refractivity (Wildman–Crippen MR) is 58.5 cm³/mol. The van der Waals surface area contributed by atoms with Crippen LogP contribution in [0.3, 0.4) is 0 Å². The van der Waals surface area contributed by atoms with E-state index in [2.05, 4.69) is 10.6 Å². The van der Waals surface area contributed by atoms with Crippen LogP contribution in [0.4, 0.5) is 13.2 Å². The second-order valence-electron chi connectivity index (χ2n) is 5.03. The molecule has 0 heterocycles. The molecule has 0 saturated heterocycles. The van der Waals surface area contributed by atoms with Crippen LogP contribution in [-0.4, -0.2) is 30.2 Å². The average Bonchev–Trinajstić information content (AvgIpc) is 2.94. The molecule has 1 aliphatic carbocycles. The summed E-state index contributed by atoms with van der Waals surface area (Å²) in [5.41, 5.74) is -1.81. The Morgan fingerprint density at radius 2 is 1.82 bits per heavy atom. The molecule has 3 nitrogen and oxygen atoms in total.